The van der Waals surface area contributed by atoms with Crippen molar-refractivity contribution in [3.63, 3.8) is 0 Å². The van der Waals surface area contributed by atoms with Crippen LogP contribution in [0, 0.1) is 5.92 Å². The Kier molecular flexibility index (Phi) is 5.19. The van der Waals surface area contributed by atoms with E-state index < -0.39 is 5.97 Å². The molecule has 1 amide bonds. The molecule has 114 valence electrons. The molecule has 7 heteroatoms. The highest BCUT2D eigenvalue weighted by Gasteiger charge is 2.36. The Morgan fingerprint density at radius 2 is 2.00 bits per heavy atom. The lowest BCUT2D eigenvalue weighted by Crippen LogP contribution is -2.53. The minimum atomic E-state index is -0.776. The Bertz CT molecular complexity index is 357. The monoisotopic (exact) mass is 286 g/mol. The van der Waals surface area contributed by atoms with Gasteiger partial charge in [0.1, 0.15) is 0 Å². The predicted molar refractivity (Wildman–Crippen MR) is 70.5 cm³/mol. The molecule has 0 aromatic heterocycles. The fourth-order valence-electron chi connectivity index (χ4n) is 2.89. The summed E-state index contributed by atoms with van der Waals surface area (Å²) >= 11 is 0. The summed E-state index contributed by atoms with van der Waals surface area (Å²) < 4.78 is 10.1. The summed E-state index contributed by atoms with van der Waals surface area (Å²) in [5.74, 6) is -1.15. The lowest BCUT2D eigenvalue weighted by atomic mass is 9.90. The summed E-state index contributed by atoms with van der Waals surface area (Å²) in [5, 5.41) is 9.18. The SMILES string of the molecule is COC(=O)N1CC[C@@H](C(=O)O)C[C@H]1CN1CCOCC1. The molecule has 2 aliphatic rings. The van der Waals surface area contributed by atoms with Crippen LogP contribution in [0.4, 0.5) is 4.79 Å². The van der Waals surface area contributed by atoms with Crippen molar-refractivity contribution in [1.82, 2.24) is 9.80 Å². The van der Waals surface area contributed by atoms with Crippen molar-refractivity contribution in [2.45, 2.75) is 18.9 Å². The number of carboxylic acid groups (broad SMARTS) is 1. The van der Waals surface area contributed by atoms with Crippen LogP contribution in [0.2, 0.25) is 0 Å². The highest BCUT2D eigenvalue weighted by molar-refractivity contribution is 5.72. The Hall–Kier alpha value is -1.34. The van der Waals surface area contributed by atoms with Gasteiger partial charge in [0.15, 0.2) is 0 Å². The van der Waals surface area contributed by atoms with Gasteiger partial charge in [0.05, 0.1) is 26.2 Å². The number of morpholine rings is 1. The number of methoxy groups -OCH3 is 1. The third-order valence-electron chi connectivity index (χ3n) is 4.05. The smallest absolute Gasteiger partial charge is 0.409 e. The number of ether oxygens (including phenoxy) is 2. The molecule has 0 bridgehead atoms. The van der Waals surface area contributed by atoms with Gasteiger partial charge in [-0.1, -0.05) is 0 Å². The third-order valence-corrected chi connectivity index (χ3v) is 4.05. The van der Waals surface area contributed by atoms with Crippen molar-refractivity contribution in [3.05, 3.63) is 0 Å². The molecule has 2 fully saturated rings. The van der Waals surface area contributed by atoms with Gasteiger partial charge in [-0.2, -0.15) is 0 Å². The number of hydrogen-bond donors (Lipinski definition) is 1. The molecule has 2 atom stereocenters. The summed E-state index contributed by atoms with van der Waals surface area (Å²) in [6, 6.07) is -0.101. The van der Waals surface area contributed by atoms with Crippen molar-refractivity contribution in [3.8, 4) is 0 Å². The molecular formula is C13H22N2O5. The number of carbonyl (C=O) groups excluding carboxylic acids is 1. The molecule has 1 N–H and O–H groups in total. The van der Waals surface area contributed by atoms with E-state index in [9.17, 15) is 14.7 Å². The van der Waals surface area contributed by atoms with E-state index in [-0.39, 0.29) is 18.1 Å². The van der Waals surface area contributed by atoms with Crippen molar-refractivity contribution in [1.29, 1.82) is 0 Å². The molecule has 0 saturated carbocycles. The van der Waals surface area contributed by atoms with Crippen molar-refractivity contribution in [2.75, 3.05) is 46.5 Å². The van der Waals surface area contributed by atoms with Crippen LogP contribution in [-0.4, -0.2) is 79.5 Å². The molecule has 2 rings (SSSR count). The van der Waals surface area contributed by atoms with Gasteiger partial charge in [-0.15, -0.1) is 0 Å². The molecule has 0 spiro atoms. The topological polar surface area (TPSA) is 79.3 Å². The first-order valence-corrected chi connectivity index (χ1v) is 6.99. The first-order chi connectivity index (χ1) is 9.61. The van der Waals surface area contributed by atoms with E-state index in [1.807, 2.05) is 0 Å². The van der Waals surface area contributed by atoms with E-state index in [1.54, 1.807) is 4.90 Å². The Morgan fingerprint density at radius 1 is 1.30 bits per heavy atom. The van der Waals surface area contributed by atoms with E-state index in [4.69, 9.17) is 9.47 Å². The van der Waals surface area contributed by atoms with E-state index in [0.717, 1.165) is 13.1 Å². The second-order valence-corrected chi connectivity index (χ2v) is 5.29. The van der Waals surface area contributed by atoms with Gasteiger partial charge in [-0.05, 0) is 12.8 Å². The molecule has 0 aliphatic carbocycles. The lowest BCUT2D eigenvalue weighted by Gasteiger charge is -2.40. The van der Waals surface area contributed by atoms with E-state index in [1.165, 1.54) is 7.11 Å². The molecule has 0 aromatic rings. The molecular weight excluding hydrogens is 264 g/mol. The second kappa shape index (κ2) is 6.90. The van der Waals surface area contributed by atoms with Gasteiger partial charge < -0.3 is 19.5 Å². The Morgan fingerprint density at radius 3 is 2.60 bits per heavy atom. The molecule has 0 aromatic carbocycles. The Balaban J connectivity index is 2.00. The maximum absolute atomic E-state index is 11.8. The molecule has 2 heterocycles. The van der Waals surface area contributed by atoms with Gasteiger partial charge in [-0.25, -0.2) is 4.79 Å². The predicted octanol–water partition coefficient (Wildman–Crippen LogP) is 0.250. The highest BCUT2D eigenvalue weighted by atomic mass is 16.5. The summed E-state index contributed by atoms with van der Waals surface area (Å²) in [7, 11) is 1.36. The molecule has 2 saturated heterocycles. The molecule has 20 heavy (non-hydrogen) atoms. The maximum Gasteiger partial charge on any atom is 0.409 e. The number of piperidine rings is 1. The van der Waals surface area contributed by atoms with Crippen molar-refractivity contribution < 1.29 is 24.2 Å². The van der Waals surface area contributed by atoms with Crippen LogP contribution in [0.15, 0.2) is 0 Å². The zero-order valence-corrected chi connectivity index (χ0v) is 11.8. The first kappa shape index (κ1) is 15.1. The van der Waals surface area contributed by atoms with E-state index >= 15 is 0 Å². The summed E-state index contributed by atoms with van der Waals surface area (Å²) in [6.07, 6.45) is 0.610. The highest BCUT2D eigenvalue weighted by Crippen LogP contribution is 2.24. The number of rotatable bonds is 3. The summed E-state index contributed by atoms with van der Waals surface area (Å²) in [5.41, 5.74) is 0. The minimum Gasteiger partial charge on any atom is -0.481 e. The van der Waals surface area contributed by atoms with E-state index in [0.29, 0.717) is 39.1 Å². The number of aliphatic carboxylic acids is 1. The second-order valence-electron chi connectivity index (χ2n) is 5.29. The van der Waals surface area contributed by atoms with Crippen LogP contribution < -0.4 is 0 Å². The minimum absolute atomic E-state index is 0.101. The van der Waals surface area contributed by atoms with Gasteiger partial charge in [0.25, 0.3) is 0 Å². The lowest BCUT2D eigenvalue weighted by molar-refractivity contribution is -0.144. The zero-order chi connectivity index (χ0) is 14.5. The van der Waals surface area contributed by atoms with Crippen LogP contribution in [0.3, 0.4) is 0 Å². The largest absolute Gasteiger partial charge is 0.481 e. The summed E-state index contributed by atoms with van der Waals surface area (Å²) in [6.45, 7) is 4.15. The average Bonchev–Trinajstić information content (AvgIpc) is 2.47. The number of amides is 1. The molecule has 7 nitrogen and oxygen atoms in total. The molecule has 0 radical (unpaired) electrons. The number of hydrogen-bond acceptors (Lipinski definition) is 5. The van der Waals surface area contributed by atoms with Gasteiger partial charge in [0.2, 0.25) is 0 Å². The van der Waals surface area contributed by atoms with Crippen LogP contribution in [0.25, 0.3) is 0 Å². The summed E-state index contributed by atoms with van der Waals surface area (Å²) in [4.78, 5) is 26.9. The fraction of sp³-hybridized carbons (Fsp3) is 0.846. The van der Waals surface area contributed by atoms with Crippen LogP contribution in [0.1, 0.15) is 12.8 Å². The fourth-order valence-corrected chi connectivity index (χ4v) is 2.89. The van der Waals surface area contributed by atoms with Crippen LogP contribution >= 0.6 is 0 Å². The Labute approximate surface area is 118 Å². The van der Waals surface area contributed by atoms with Crippen molar-refractivity contribution in [2.24, 2.45) is 5.92 Å². The van der Waals surface area contributed by atoms with Crippen molar-refractivity contribution >= 4 is 12.1 Å². The number of likely N-dealkylation sites (tertiary alicyclic amines) is 1. The molecule has 2 aliphatic heterocycles. The van der Waals surface area contributed by atoms with Gasteiger partial charge >= 0.3 is 12.1 Å². The number of nitrogens with zero attached hydrogens (tertiary/aromatic N) is 2. The maximum atomic E-state index is 11.8. The first-order valence-electron chi connectivity index (χ1n) is 6.99. The van der Waals surface area contributed by atoms with Crippen LogP contribution in [-0.2, 0) is 14.3 Å². The van der Waals surface area contributed by atoms with Gasteiger partial charge in [0, 0.05) is 32.2 Å². The molecule has 0 unspecified atom stereocenters. The zero-order valence-electron chi connectivity index (χ0n) is 11.8. The van der Waals surface area contributed by atoms with Gasteiger partial charge in [-0.3, -0.25) is 9.69 Å². The third kappa shape index (κ3) is 3.61. The van der Waals surface area contributed by atoms with Crippen LogP contribution in [0.5, 0.6) is 0 Å². The number of carboxylic acids is 1. The average molecular weight is 286 g/mol. The van der Waals surface area contributed by atoms with E-state index in [2.05, 4.69) is 4.90 Å². The standard InChI is InChI=1S/C13H22N2O5/c1-19-13(18)15-3-2-10(12(16)17)8-11(15)9-14-4-6-20-7-5-14/h10-11H,2-9H2,1H3,(H,16,17)/t10-,11+/m1/s1. The quantitative estimate of drug-likeness (QED) is 0.801. The normalized spacial score (nSPS) is 28.1. The number of carbonyl (C=O) groups is 2.